The van der Waals surface area contributed by atoms with Crippen LogP contribution < -0.4 is 5.56 Å². The first kappa shape index (κ1) is 12.0. The van der Waals surface area contributed by atoms with Gasteiger partial charge in [-0.2, -0.15) is 0 Å². The Bertz CT molecular complexity index is 676. The van der Waals surface area contributed by atoms with E-state index in [4.69, 9.17) is 5.11 Å². The Morgan fingerprint density at radius 2 is 2.06 bits per heavy atom. The molecule has 0 amide bonds. The molecule has 18 heavy (non-hydrogen) atoms. The number of hydrogen-bond acceptors (Lipinski definition) is 2. The summed E-state index contributed by atoms with van der Waals surface area (Å²) in [5.74, 6) is -1.81. The van der Waals surface area contributed by atoms with Crippen LogP contribution in [0.15, 0.2) is 35.3 Å². The topological polar surface area (TPSA) is 70.2 Å². The predicted octanol–water partition coefficient (Wildman–Crippen LogP) is 2.19. The van der Waals surface area contributed by atoms with E-state index in [9.17, 15) is 14.0 Å². The zero-order valence-electron chi connectivity index (χ0n) is 9.53. The molecule has 2 aromatic rings. The number of aromatic nitrogens is 1. The molecule has 0 fully saturated rings. The van der Waals surface area contributed by atoms with Crippen LogP contribution in [0.2, 0.25) is 0 Å². The first-order chi connectivity index (χ1) is 8.49. The second-order valence-corrected chi connectivity index (χ2v) is 3.92. The SMILES string of the molecule is Cc1ccc(F)c(-c2c[nH]c(=O)c(C(=O)O)c2)c1. The van der Waals surface area contributed by atoms with Gasteiger partial charge in [0.2, 0.25) is 0 Å². The van der Waals surface area contributed by atoms with Crippen LogP contribution >= 0.6 is 0 Å². The smallest absolute Gasteiger partial charge is 0.341 e. The van der Waals surface area contributed by atoms with Crippen LogP contribution in [-0.4, -0.2) is 16.1 Å². The molecule has 0 saturated heterocycles. The monoisotopic (exact) mass is 247 g/mol. The van der Waals surface area contributed by atoms with Gasteiger partial charge in [-0.15, -0.1) is 0 Å². The average molecular weight is 247 g/mol. The molecule has 1 heterocycles. The van der Waals surface area contributed by atoms with E-state index in [0.717, 1.165) is 5.56 Å². The van der Waals surface area contributed by atoms with Crippen LogP contribution in [-0.2, 0) is 0 Å². The minimum absolute atomic E-state index is 0.258. The number of pyridine rings is 1. The summed E-state index contributed by atoms with van der Waals surface area (Å²) in [6.07, 6.45) is 1.30. The summed E-state index contributed by atoms with van der Waals surface area (Å²) in [6.45, 7) is 1.80. The number of nitrogens with one attached hydrogen (secondary N) is 1. The van der Waals surface area contributed by atoms with Crippen molar-refractivity contribution in [1.82, 2.24) is 4.98 Å². The summed E-state index contributed by atoms with van der Waals surface area (Å²) in [5.41, 5.74) is 0.309. The van der Waals surface area contributed by atoms with Gasteiger partial charge in [-0.1, -0.05) is 11.6 Å². The highest BCUT2D eigenvalue weighted by Gasteiger charge is 2.12. The lowest BCUT2D eigenvalue weighted by atomic mass is 10.0. The summed E-state index contributed by atoms with van der Waals surface area (Å²) >= 11 is 0. The highest BCUT2D eigenvalue weighted by Crippen LogP contribution is 2.23. The minimum atomic E-state index is -1.34. The van der Waals surface area contributed by atoms with E-state index in [1.165, 1.54) is 18.3 Å². The molecule has 92 valence electrons. The molecule has 0 aliphatic heterocycles. The molecule has 2 rings (SSSR count). The number of aromatic amines is 1. The fourth-order valence-electron chi connectivity index (χ4n) is 1.66. The standard InChI is InChI=1S/C13H10FNO3/c1-7-2-3-11(14)9(4-7)8-5-10(13(17)18)12(16)15-6-8/h2-6H,1H3,(H,15,16)(H,17,18). The number of hydrogen-bond donors (Lipinski definition) is 2. The second kappa shape index (κ2) is 4.44. The Hall–Kier alpha value is -2.43. The van der Waals surface area contributed by atoms with Crippen LogP contribution in [0, 0.1) is 12.7 Å². The lowest BCUT2D eigenvalue weighted by molar-refractivity contribution is 0.0695. The third-order valence-corrected chi connectivity index (χ3v) is 2.57. The van der Waals surface area contributed by atoms with E-state index in [-0.39, 0.29) is 5.56 Å². The van der Waals surface area contributed by atoms with Crippen molar-refractivity contribution in [3.05, 3.63) is 57.8 Å². The molecule has 2 N–H and O–H groups in total. The van der Waals surface area contributed by atoms with E-state index in [1.807, 2.05) is 0 Å². The number of halogens is 1. The van der Waals surface area contributed by atoms with Crippen molar-refractivity contribution >= 4 is 5.97 Å². The molecule has 1 aromatic heterocycles. The fourth-order valence-corrected chi connectivity index (χ4v) is 1.66. The van der Waals surface area contributed by atoms with Gasteiger partial charge in [-0.05, 0) is 25.1 Å². The summed E-state index contributed by atoms with van der Waals surface area (Å²) in [5, 5.41) is 8.85. The van der Waals surface area contributed by atoms with Gasteiger partial charge in [0.25, 0.3) is 5.56 Å². The van der Waals surface area contributed by atoms with Gasteiger partial charge in [-0.25, -0.2) is 9.18 Å². The largest absolute Gasteiger partial charge is 0.477 e. The van der Waals surface area contributed by atoms with E-state index in [2.05, 4.69) is 4.98 Å². The Morgan fingerprint density at radius 1 is 1.33 bits per heavy atom. The molecule has 0 spiro atoms. The van der Waals surface area contributed by atoms with Crippen LogP contribution in [0.25, 0.3) is 11.1 Å². The normalized spacial score (nSPS) is 10.3. The summed E-state index contributed by atoms with van der Waals surface area (Å²) in [4.78, 5) is 24.4. The maximum absolute atomic E-state index is 13.6. The molecule has 1 aromatic carbocycles. The van der Waals surface area contributed by atoms with Gasteiger partial charge in [0.1, 0.15) is 11.4 Å². The predicted molar refractivity (Wildman–Crippen MR) is 64.2 cm³/mol. The first-order valence-corrected chi connectivity index (χ1v) is 5.21. The number of benzene rings is 1. The van der Waals surface area contributed by atoms with E-state index < -0.39 is 22.9 Å². The van der Waals surface area contributed by atoms with Crippen molar-refractivity contribution in [2.24, 2.45) is 0 Å². The van der Waals surface area contributed by atoms with E-state index in [0.29, 0.717) is 5.56 Å². The highest BCUT2D eigenvalue weighted by atomic mass is 19.1. The molecular weight excluding hydrogens is 237 g/mol. The van der Waals surface area contributed by atoms with E-state index in [1.54, 1.807) is 19.1 Å². The van der Waals surface area contributed by atoms with Crippen molar-refractivity contribution in [2.75, 3.05) is 0 Å². The van der Waals surface area contributed by atoms with Gasteiger partial charge in [-0.3, -0.25) is 4.79 Å². The van der Waals surface area contributed by atoms with Gasteiger partial charge < -0.3 is 10.1 Å². The van der Waals surface area contributed by atoms with Crippen LogP contribution in [0.3, 0.4) is 0 Å². The number of carboxylic acid groups (broad SMARTS) is 1. The maximum atomic E-state index is 13.6. The van der Waals surface area contributed by atoms with Crippen LogP contribution in [0.5, 0.6) is 0 Å². The van der Waals surface area contributed by atoms with Crippen molar-refractivity contribution in [1.29, 1.82) is 0 Å². The van der Waals surface area contributed by atoms with E-state index >= 15 is 0 Å². The first-order valence-electron chi connectivity index (χ1n) is 5.21. The van der Waals surface area contributed by atoms with Crippen molar-refractivity contribution in [3.8, 4) is 11.1 Å². The lowest BCUT2D eigenvalue weighted by Gasteiger charge is -2.05. The number of carboxylic acids is 1. The van der Waals surface area contributed by atoms with Crippen LogP contribution in [0.4, 0.5) is 4.39 Å². The second-order valence-electron chi connectivity index (χ2n) is 3.92. The third kappa shape index (κ3) is 2.15. The Balaban J connectivity index is 2.65. The molecule has 4 nitrogen and oxygen atoms in total. The fraction of sp³-hybridized carbons (Fsp3) is 0.0769. The Labute approximate surface area is 102 Å². The Kier molecular flexibility index (Phi) is 2.97. The molecule has 0 bridgehead atoms. The quantitative estimate of drug-likeness (QED) is 0.854. The van der Waals surface area contributed by atoms with Crippen molar-refractivity contribution < 1.29 is 14.3 Å². The van der Waals surface area contributed by atoms with Crippen molar-refractivity contribution in [3.63, 3.8) is 0 Å². The number of H-pyrrole nitrogens is 1. The van der Waals surface area contributed by atoms with Crippen LogP contribution in [0.1, 0.15) is 15.9 Å². The summed E-state index contributed by atoms with van der Waals surface area (Å²) in [7, 11) is 0. The summed E-state index contributed by atoms with van der Waals surface area (Å²) < 4.78 is 13.6. The maximum Gasteiger partial charge on any atom is 0.341 e. The molecule has 0 unspecified atom stereocenters. The molecule has 5 heteroatoms. The average Bonchev–Trinajstić information content (AvgIpc) is 2.33. The van der Waals surface area contributed by atoms with Gasteiger partial charge in [0, 0.05) is 17.3 Å². The molecular formula is C13H10FNO3. The molecule has 0 saturated carbocycles. The molecule has 0 radical (unpaired) electrons. The van der Waals surface area contributed by atoms with Crippen molar-refractivity contribution in [2.45, 2.75) is 6.92 Å². The lowest BCUT2D eigenvalue weighted by Crippen LogP contribution is -2.16. The van der Waals surface area contributed by atoms with Gasteiger partial charge in [0.05, 0.1) is 0 Å². The number of aromatic carboxylic acids is 1. The molecule has 0 aliphatic rings. The number of carbonyl (C=O) groups is 1. The molecule has 0 atom stereocenters. The van der Waals surface area contributed by atoms with Gasteiger partial charge in [0.15, 0.2) is 0 Å². The number of aryl methyl sites for hydroxylation is 1. The minimum Gasteiger partial charge on any atom is -0.477 e. The highest BCUT2D eigenvalue weighted by molar-refractivity contribution is 5.88. The number of rotatable bonds is 2. The Morgan fingerprint density at radius 3 is 2.72 bits per heavy atom. The zero-order valence-corrected chi connectivity index (χ0v) is 9.53. The summed E-state index contributed by atoms with van der Waals surface area (Å²) in [6, 6.07) is 5.67. The van der Waals surface area contributed by atoms with Gasteiger partial charge >= 0.3 is 5.97 Å². The third-order valence-electron chi connectivity index (χ3n) is 2.57. The molecule has 0 aliphatic carbocycles. The zero-order chi connectivity index (χ0) is 13.3.